The maximum Gasteiger partial charge on any atom is 0.102 e. The largest absolute Gasteiger partial charge is 0.295 e. The number of hydrogen-bond donors (Lipinski definition) is 0. The number of rotatable bonds is 2. The van der Waals surface area contributed by atoms with Gasteiger partial charge in [0.05, 0.1) is 0 Å². The summed E-state index contributed by atoms with van der Waals surface area (Å²) in [6.45, 7) is 4.83. The smallest absolute Gasteiger partial charge is 0.102 e. The van der Waals surface area contributed by atoms with Crippen LogP contribution < -0.4 is 0 Å². The summed E-state index contributed by atoms with van der Waals surface area (Å²) in [6, 6.07) is 1.18. The lowest BCUT2D eigenvalue weighted by Crippen LogP contribution is -2.44. The van der Waals surface area contributed by atoms with Crippen molar-refractivity contribution < 1.29 is 4.39 Å². The Morgan fingerprint density at radius 2 is 1.82 bits per heavy atom. The van der Waals surface area contributed by atoms with Crippen LogP contribution in [0.5, 0.6) is 0 Å². The van der Waals surface area contributed by atoms with E-state index in [4.69, 9.17) is 0 Å². The molecule has 0 saturated carbocycles. The fourth-order valence-electron chi connectivity index (χ4n) is 2.01. The van der Waals surface area contributed by atoms with Gasteiger partial charge in [-0.1, -0.05) is 6.42 Å². The molecule has 0 spiro atoms. The van der Waals surface area contributed by atoms with Gasteiger partial charge in [-0.2, -0.15) is 0 Å². The molecule has 1 aliphatic heterocycles. The summed E-state index contributed by atoms with van der Waals surface area (Å²) in [7, 11) is 0. The SMILES string of the molecule is CC1CCCC(C)N1CCF. The number of hydrogen-bond acceptors (Lipinski definition) is 1. The minimum Gasteiger partial charge on any atom is -0.295 e. The van der Waals surface area contributed by atoms with E-state index < -0.39 is 0 Å². The minimum absolute atomic E-state index is 0.200. The van der Waals surface area contributed by atoms with Crippen molar-refractivity contribution in [1.29, 1.82) is 0 Å². The predicted octanol–water partition coefficient (Wildman–Crippen LogP) is 2.22. The summed E-state index contributed by atoms with van der Waals surface area (Å²) in [4.78, 5) is 2.28. The standard InChI is InChI=1S/C9H18FN/c1-8-4-3-5-9(2)11(8)7-6-10/h8-9H,3-7H2,1-2H3. The molecule has 0 N–H and O–H groups in total. The van der Waals surface area contributed by atoms with Crippen molar-refractivity contribution in [3.8, 4) is 0 Å². The Labute approximate surface area is 68.6 Å². The Kier molecular flexibility index (Phi) is 3.31. The maximum atomic E-state index is 12.1. The van der Waals surface area contributed by atoms with Crippen LogP contribution in [0.15, 0.2) is 0 Å². The van der Waals surface area contributed by atoms with Gasteiger partial charge in [0.15, 0.2) is 0 Å². The van der Waals surface area contributed by atoms with Gasteiger partial charge < -0.3 is 0 Å². The first kappa shape index (κ1) is 8.98. The van der Waals surface area contributed by atoms with E-state index in [1.165, 1.54) is 19.3 Å². The van der Waals surface area contributed by atoms with Gasteiger partial charge in [0.25, 0.3) is 0 Å². The molecule has 0 amide bonds. The molecule has 1 saturated heterocycles. The molecular weight excluding hydrogens is 141 g/mol. The van der Waals surface area contributed by atoms with E-state index in [0.29, 0.717) is 18.6 Å². The van der Waals surface area contributed by atoms with Crippen LogP contribution in [0.1, 0.15) is 33.1 Å². The lowest BCUT2D eigenvalue weighted by atomic mass is 9.98. The van der Waals surface area contributed by atoms with E-state index in [-0.39, 0.29) is 6.67 Å². The zero-order valence-electron chi connectivity index (χ0n) is 7.52. The molecule has 1 rings (SSSR count). The van der Waals surface area contributed by atoms with E-state index >= 15 is 0 Å². The highest BCUT2D eigenvalue weighted by Crippen LogP contribution is 2.21. The lowest BCUT2D eigenvalue weighted by molar-refractivity contribution is 0.0955. The number of nitrogens with zero attached hydrogens (tertiary/aromatic N) is 1. The first-order chi connectivity index (χ1) is 5.25. The van der Waals surface area contributed by atoms with Crippen molar-refractivity contribution in [1.82, 2.24) is 4.90 Å². The summed E-state index contributed by atoms with van der Waals surface area (Å²) in [5.74, 6) is 0. The Hall–Kier alpha value is -0.110. The second kappa shape index (κ2) is 4.05. The molecule has 2 heteroatoms. The van der Waals surface area contributed by atoms with Gasteiger partial charge in [-0.05, 0) is 26.7 Å². The fourth-order valence-corrected chi connectivity index (χ4v) is 2.01. The molecule has 0 aromatic rings. The highest BCUT2D eigenvalue weighted by molar-refractivity contribution is 4.78. The summed E-state index contributed by atoms with van der Waals surface area (Å²) < 4.78 is 12.1. The van der Waals surface area contributed by atoms with E-state index in [1.807, 2.05) is 0 Å². The van der Waals surface area contributed by atoms with Gasteiger partial charge in [0.2, 0.25) is 0 Å². The predicted molar refractivity (Wildman–Crippen MR) is 45.5 cm³/mol. The van der Waals surface area contributed by atoms with Gasteiger partial charge in [0.1, 0.15) is 6.67 Å². The van der Waals surface area contributed by atoms with Crippen LogP contribution in [-0.4, -0.2) is 30.2 Å². The van der Waals surface area contributed by atoms with Crippen LogP contribution in [0, 0.1) is 0 Å². The number of piperidine rings is 1. The van der Waals surface area contributed by atoms with E-state index in [1.54, 1.807) is 0 Å². The first-order valence-corrected chi connectivity index (χ1v) is 4.57. The molecule has 0 radical (unpaired) electrons. The zero-order chi connectivity index (χ0) is 8.27. The topological polar surface area (TPSA) is 3.24 Å². The van der Waals surface area contributed by atoms with Crippen molar-refractivity contribution in [2.24, 2.45) is 0 Å². The molecule has 0 aromatic carbocycles. The van der Waals surface area contributed by atoms with Gasteiger partial charge >= 0.3 is 0 Å². The van der Waals surface area contributed by atoms with Crippen LogP contribution in [-0.2, 0) is 0 Å². The van der Waals surface area contributed by atoms with Gasteiger partial charge in [-0.3, -0.25) is 4.90 Å². The van der Waals surface area contributed by atoms with E-state index in [2.05, 4.69) is 18.7 Å². The molecular formula is C9H18FN. The van der Waals surface area contributed by atoms with Crippen LogP contribution in [0.2, 0.25) is 0 Å². The van der Waals surface area contributed by atoms with Crippen LogP contribution in [0.3, 0.4) is 0 Å². The Bertz CT molecular complexity index is 106. The Morgan fingerprint density at radius 3 is 2.27 bits per heavy atom. The molecule has 2 unspecified atom stereocenters. The van der Waals surface area contributed by atoms with Crippen molar-refractivity contribution in [3.63, 3.8) is 0 Å². The molecule has 1 nitrogen and oxygen atoms in total. The van der Waals surface area contributed by atoms with Crippen molar-refractivity contribution in [2.45, 2.75) is 45.2 Å². The maximum absolute atomic E-state index is 12.1. The highest BCUT2D eigenvalue weighted by Gasteiger charge is 2.23. The molecule has 0 aliphatic carbocycles. The summed E-state index contributed by atoms with van der Waals surface area (Å²) in [5, 5.41) is 0. The molecule has 0 aromatic heterocycles. The molecule has 66 valence electrons. The molecule has 0 bridgehead atoms. The minimum atomic E-state index is -0.200. The van der Waals surface area contributed by atoms with Gasteiger partial charge in [-0.25, -0.2) is 4.39 Å². The number of halogens is 1. The summed E-state index contributed by atoms with van der Waals surface area (Å²) >= 11 is 0. The third-order valence-electron chi connectivity index (χ3n) is 2.72. The third kappa shape index (κ3) is 2.16. The highest BCUT2D eigenvalue weighted by atomic mass is 19.1. The van der Waals surface area contributed by atoms with Gasteiger partial charge in [-0.15, -0.1) is 0 Å². The average Bonchev–Trinajstić information content (AvgIpc) is 1.97. The normalized spacial score (nSPS) is 34.1. The quantitative estimate of drug-likeness (QED) is 0.597. The average molecular weight is 159 g/mol. The van der Waals surface area contributed by atoms with E-state index in [9.17, 15) is 4.39 Å². The van der Waals surface area contributed by atoms with Crippen molar-refractivity contribution in [2.75, 3.05) is 13.2 Å². The van der Waals surface area contributed by atoms with Gasteiger partial charge in [0, 0.05) is 18.6 Å². The second-order valence-corrected chi connectivity index (χ2v) is 3.56. The summed E-state index contributed by atoms with van der Waals surface area (Å²) in [5.41, 5.74) is 0. The summed E-state index contributed by atoms with van der Waals surface area (Å²) in [6.07, 6.45) is 3.79. The third-order valence-corrected chi connectivity index (χ3v) is 2.72. The number of alkyl halides is 1. The Balaban J connectivity index is 2.41. The molecule has 1 fully saturated rings. The molecule has 1 aliphatic rings. The van der Waals surface area contributed by atoms with Crippen LogP contribution in [0.4, 0.5) is 4.39 Å². The second-order valence-electron chi connectivity index (χ2n) is 3.56. The van der Waals surface area contributed by atoms with Crippen LogP contribution in [0.25, 0.3) is 0 Å². The lowest BCUT2D eigenvalue weighted by Gasteiger charge is -2.38. The van der Waals surface area contributed by atoms with Crippen LogP contribution >= 0.6 is 0 Å². The molecule has 1 heterocycles. The van der Waals surface area contributed by atoms with Crippen molar-refractivity contribution >= 4 is 0 Å². The fraction of sp³-hybridized carbons (Fsp3) is 1.00. The van der Waals surface area contributed by atoms with Crippen molar-refractivity contribution in [3.05, 3.63) is 0 Å². The molecule has 11 heavy (non-hydrogen) atoms. The van der Waals surface area contributed by atoms with E-state index in [0.717, 1.165) is 0 Å². The zero-order valence-corrected chi connectivity index (χ0v) is 7.52. The number of likely N-dealkylation sites (tertiary alicyclic amines) is 1. The monoisotopic (exact) mass is 159 g/mol. The first-order valence-electron chi connectivity index (χ1n) is 4.57. The Morgan fingerprint density at radius 1 is 1.27 bits per heavy atom. The molecule has 2 atom stereocenters.